The van der Waals surface area contributed by atoms with Crippen LogP contribution in [0.3, 0.4) is 0 Å². The van der Waals surface area contributed by atoms with E-state index >= 15 is 0 Å². The molecule has 2 rings (SSSR count). The van der Waals surface area contributed by atoms with Crippen molar-refractivity contribution < 1.29 is 19.0 Å². The summed E-state index contributed by atoms with van der Waals surface area (Å²) in [5.41, 5.74) is 8.75. The van der Waals surface area contributed by atoms with Crippen molar-refractivity contribution in [2.75, 3.05) is 7.11 Å². The van der Waals surface area contributed by atoms with Gasteiger partial charge >= 0.3 is 5.97 Å². The van der Waals surface area contributed by atoms with Crippen molar-refractivity contribution >= 4 is 5.97 Å². The van der Waals surface area contributed by atoms with Gasteiger partial charge in [-0.25, -0.2) is 4.39 Å². The molecule has 5 heteroatoms. The maximum Gasteiger partial charge on any atom is 0.307 e. The molecule has 3 N–H and O–H groups in total. The number of nitrogens with two attached hydrogens (primary N) is 1. The van der Waals surface area contributed by atoms with Crippen molar-refractivity contribution in [2.45, 2.75) is 26.3 Å². The molecule has 0 fully saturated rings. The lowest BCUT2D eigenvalue weighted by atomic mass is 9.92. The van der Waals surface area contributed by atoms with Gasteiger partial charge in [0.05, 0.1) is 13.5 Å². The van der Waals surface area contributed by atoms with Crippen molar-refractivity contribution in [3.63, 3.8) is 0 Å². The van der Waals surface area contributed by atoms with Crippen LogP contribution in [0.25, 0.3) is 11.1 Å². The number of carbonyl (C=O) groups is 1. The lowest BCUT2D eigenvalue weighted by Gasteiger charge is -2.17. The minimum atomic E-state index is -0.813. The topological polar surface area (TPSA) is 72.5 Å². The second-order valence-corrected chi connectivity index (χ2v) is 5.55. The summed E-state index contributed by atoms with van der Waals surface area (Å²) in [4.78, 5) is 11.4. The van der Waals surface area contributed by atoms with E-state index < -0.39 is 17.8 Å². The van der Waals surface area contributed by atoms with Crippen molar-refractivity contribution in [1.82, 2.24) is 0 Å². The maximum absolute atomic E-state index is 14.4. The number of rotatable bonds is 4. The largest absolute Gasteiger partial charge is 0.507 e. The van der Waals surface area contributed by atoms with Gasteiger partial charge in [0, 0.05) is 17.2 Å². The Morgan fingerprint density at radius 3 is 2.61 bits per heavy atom. The normalized spacial score (nSPS) is 12.0. The summed E-state index contributed by atoms with van der Waals surface area (Å²) in [6, 6.07) is 7.61. The number of carbonyl (C=O) groups excluding carboxylic acids is 1. The van der Waals surface area contributed by atoms with Crippen LogP contribution in [0.5, 0.6) is 5.75 Å². The zero-order chi connectivity index (χ0) is 17.1. The lowest BCUT2D eigenvalue weighted by molar-refractivity contribution is -0.141. The average molecular weight is 317 g/mol. The highest BCUT2D eigenvalue weighted by molar-refractivity contribution is 5.75. The Morgan fingerprint density at radius 1 is 1.30 bits per heavy atom. The second-order valence-electron chi connectivity index (χ2n) is 5.55. The van der Waals surface area contributed by atoms with Crippen LogP contribution in [0.15, 0.2) is 30.3 Å². The smallest absolute Gasteiger partial charge is 0.307 e. The Balaban J connectivity index is 2.54. The molecule has 0 radical (unpaired) electrons. The maximum atomic E-state index is 14.4. The quantitative estimate of drug-likeness (QED) is 0.848. The predicted molar refractivity (Wildman–Crippen MR) is 86.5 cm³/mol. The van der Waals surface area contributed by atoms with E-state index in [-0.39, 0.29) is 17.7 Å². The van der Waals surface area contributed by atoms with Crippen molar-refractivity contribution in [1.29, 1.82) is 0 Å². The minimum absolute atomic E-state index is 0.114. The molecule has 23 heavy (non-hydrogen) atoms. The third-order valence-electron chi connectivity index (χ3n) is 3.84. The number of halogens is 1. The minimum Gasteiger partial charge on any atom is -0.507 e. The molecule has 2 aromatic rings. The number of aromatic hydroxyl groups is 1. The van der Waals surface area contributed by atoms with E-state index in [2.05, 4.69) is 4.74 Å². The summed E-state index contributed by atoms with van der Waals surface area (Å²) < 4.78 is 19.0. The van der Waals surface area contributed by atoms with Gasteiger partial charge in [-0.3, -0.25) is 4.79 Å². The molecule has 1 unspecified atom stereocenters. The molecule has 0 saturated heterocycles. The van der Waals surface area contributed by atoms with Gasteiger partial charge in [0.25, 0.3) is 0 Å². The zero-order valence-corrected chi connectivity index (χ0v) is 13.4. The number of aryl methyl sites for hydroxylation is 2. The highest BCUT2D eigenvalue weighted by atomic mass is 19.1. The molecule has 0 aliphatic heterocycles. The van der Waals surface area contributed by atoms with Gasteiger partial charge in [-0.1, -0.05) is 12.1 Å². The molecule has 0 heterocycles. The Hall–Kier alpha value is -2.40. The molecule has 0 spiro atoms. The molecule has 122 valence electrons. The van der Waals surface area contributed by atoms with Crippen molar-refractivity contribution in [3.8, 4) is 16.9 Å². The van der Waals surface area contributed by atoms with Crippen LogP contribution in [-0.4, -0.2) is 18.2 Å². The number of phenols is 1. The first-order chi connectivity index (χ1) is 10.8. The first kappa shape index (κ1) is 17.0. The monoisotopic (exact) mass is 317 g/mol. The number of hydrogen-bond acceptors (Lipinski definition) is 4. The van der Waals surface area contributed by atoms with Gasteiger partial charge in [0.1, 0.15) is 11.6 Å². The predicted octanol–water partition coefficient (Wildman–Crippen LogP) is 3.38. The fourth-order valence-electron chi connectivity index (χ4n) is 2.61. The first-order valence-electron chi connectivity index (χ1n) is 7.26. The summed E-state index contributed by atoms with van der Waals surface area (Å²) in [6.07, 6.45) is -0.115. The van der Waals surface area contributed by atoms with Crippen LogP contribution >= 0.6 is 0 Å². The molecule has 2 aromatic carbocycles. The van der Waals surface area contributed by atoms with Gasteiger partial charge in [-0.15, -0.1) is 0 Å². The summed E-state index contributed by atoms with van der Waals surface area (Å²) in [7, 11) is 1.26. The summed E-state index contributed by atoms with van der Waals surface area (Å²) in [5, 5.41) is 10.1. The molecule has 0 aromatic heterocycles. The van der Waals surface area contributed by atoms with E-state index in [1.165, 1.54) is 7.11 Å². The third-order valence-corrected chi connectivity index (χ3v) is 3.84. The highest BCUT2D eigenvalue weighted by Crippen LogP contribution is 2.35. The van der Waals surface area contributed by atoms with Crippen LogP contribution < -0.4 is 5.73 Å². The van der Waals surface area contributed by atoms with E-state index in [1.54, 1.807) is 31.2 Å². The van der Waals surface area contributed by atoms with Crippen molar-refractivity contribution in [2.24, 2.45) is 5.73 Å². The van der Waals surface area contributed by atoms with E-state index in [9.17, 15) is 14.3 Å². The summed E-state index contributed by atoms with van der Waals surface area (Å²) >= 11 is 0. The standard InChI is InChI=1S/C18H20FNO3/c1-10-5-4-6-15(21)17(10)12-7-11(2)18(19)13(8-12)14(20)9-16(22)23-3/h4-8,14,21H,9,20H2,1-3H3. The number of hydrogen-bond donors (Lipinski definition) is 2. The molecule has 0 saturated carbocycles. The second kappa shape index (κ2) is 6.79. The van der Waals surface area contributed by atoms with Gasteiger partial charge in [-0.05, 0) is 48.7 Å². The molecule has 4 nitrogen and oxygen atoms in total. The van der Waals surface area contributed by atoms with Crippen LogP contribution in [0, 0.1) is 19.7 Å². The molecule has 0 aliphatic carbocycles. The van der Waals surface area contributed by atoms with E-state index in [0.29, 0.717) is 16.7 Å². The lowest BCUT2D eigenvalue weighted by Crippen LogP contribution is -2.18. The molecule has 0 bridgehead atoms. The highest BCUT2D eigenvalue weighted by Gasteiger charge is 2.20. The Kier molecular flexibility index (Phi) is 5.01. The zero-order valence-electron chi connectivity index (χ0n) is 13.4. The van der Waals surface area contributed by atoms with Crippen LogP contribution in [-0.2, 0) is 9.53 Å². The van der Waals surface area contributed by atoms with E-state index in [1.807, 2.05) is 13.0 Å². The number of phenolic OH excluding ortho intramolecular Hbond substituents is 1. The van der Waals surface area contributed by atoms with Gasteiger partial charge in [0.15, 0.2) is 0 Å². The van der Waals surface area contributed by atoms with Crippen LogP contribution in [0.4, 0.5) is 4.39 Å². The Morgan fingerprint density at radius 2 is 2.00 bits per heavy atom. The summed E-state index contributed by atoms with van der Waals surface area (Å²) in [5.74, 6) is -0.833. The number of ether oxygens (including phenoxy) is 1. The molecule has 0 aliphatic rings. The Labute approximate surface area is 134 Å². The van der Waals surface area contributed by atoms with E-state index in [4.69, 9.17) is 5.73 Å². The van der Waals surface area contributed by atoms with Crippen LogP contribution in [0.1, 0.15) is 29.2 Å². The summed E-state index contributed by atoms with van der Waals surface area (Å²) in [6.45, 7) is 3.49. The van der Waals surface area contributed by atoms with Gasteiger partial charge in [0.2, 0.25) is 0 Å². The molecular weight excluding hydrogens is 297 g/mol. The van der Waals surface area contributed by atoms with Crippen molar-refractivity contribution in [3.05, 3.63) is 52.8 Å². The fourth-order valence-corrected chi connectivity index (χ4v) is 2.61. The number of methoxy groups -OCH3 is 1. The number of esters is 1. The van der Waals surface area contributed by atoms with Gasteiger partial charge < -0.3 is 15.6 Å². The molecule has 0 amide bonds. The first-order valence-corrected chi connectivity index (χ1v) is 7.26. The average Bonchev–Trinajstić information content (AvgIpc) is 2.50. The third kappa shape index (κ3) is 3.51. The Bertz CT molecular complexity index is 723. The fraction of sp³-hybridized carbons (Fsp3) is 0.278. The van der Waals surface area contributed by atoms with Crippen LogP contribution in [0.2, 0.25) is 0 Å². The SMILES string of the molecule is COC(=O)CC(N)c1cc(-c2c(C)cccc2O)cc(C)c1F. The number of benzene rings is 2. The molecule has 1 atom stereocenters. The molecular formula is C18H20FNO3. The van der Waals surface area contributed by atoms with Gasteiger partial charge in [-0.2, -0.15) is 0 Å². The van der Waals surface area contributed by atoms with E-state index in [0.717, 1.165) is 5.56 Å².